The molecule has 0 bridgehead atoms. The maximum absolute atomic E-state index is 12.3. The minimum Gasteiger partial charge on any atom is -0.331 e. The van der Waals surface area contributed by atoms with Crippen LogP contribution in [0.3, 0.4) is 0 Å². The molecule has 2 saturated heterocycles. The van der Waals surface area contributed by atoms with E-state index in [0.29, 0.717) is 25.8 Å². The van der Waals surface area contributed by atoms with E-state index in [1.54, 1.807) is 9.80 Å². The summed E-state index contributed by atoms with van der Waals surface area (Å²) >= 11 is 0. The first kappa shape index (κ1) is 14.8. The summed E-state index contributed by atoms with van der Waals surface area (Å²) in [5.41, 5.74) is 1.13. The standard InChI is InChI=1S/C17H20N2O3/c20-12-15-8-7-14-10-18(11-17(22)19(14)15)16(21)9-6-13-4-2-1-3-5-13/h1-5,12,14-15H,6-11H2/t14-,15-/m0/s1. The second-order valence-electron chi connectivity index (χ2n) is 6.00. The Bertz CT molecular complexity index is 573. The van der Waals surface area contributed by atoms with Crippen LogP contribution in [0.5, 0.6) is 0 Å². The maximum Gasteiger partial charge on any atom is 0.243 e. The summed E-state index contributed by atoms with van der Waals surface area (Å²) in [6, 6.07) is 9.59. The number of piperazine rings is 1. The highest BCUT2D eigenvalue weighted by molar-refractivity contribution is 5.88. The molecule has 22 heavy (non-hydrogen) atoms. The van der Waals surface area contributed by atoms with Gasteiger partial charge in [-0.1, -0.05) is 30.3 Å². The lowest BCUT2D eigenvalue weighted by molar-refractivity contribution is -0.149. The van der Waals surface area contributed by atoms with Gasteiger partial charge in [0.2, 0.25) is 11.8 Å². The van der Waals surface area contributed by atoms with Gasteiger partial charge in [-0.05, 0) is 24.8 Å². The number of carbonyl (C=O) groups excluding carboxylic acids is 3. The molecule has 2 atom stereocenters. The molecule has 2 aliphatic rings. The number of hydrogen-bond acceptors (Lipinski definition) is 3. The van der Waals surface area contributed by atoms with Gasteiger partial charge in [-0.3, -0.25) is 9.59 Å². The fourth-order valence-electron chi connectivity index (χ4n) is 3.42. The average molecular weight is 300 g/mol. The van der Waals surface area contributed by atoms with Gasteiger partial charge in [-0.15, -0.1) is 0 Å². The Morgan fingerprint density at radius 1 is 1.23 bits per heavy atom. The predicted molar refractivity (Wildman–Crippen MR) is 81.1 cm³/mol. The Kier molecular flexibility index (Phi) is 4.22. The molecular formula is C17H20N2O3. The summed E-state index contributed by atoms with van der Waals surface area (Å²) in [5, 5.41) is 0. The number of nitrogens with zero attached hydrogens (tertiary/aromatic N) is 2. The highest BCUT2D eigenvalue weighted by Crippen LogP contribution is 2.27. The van der Waals surface area contributed by atoms with Crippen molar-refractivity contribution in [3.8, 4) is 0 Å². The zero-order valence-corrected chi connectivity index (χ0v) is 12.5. The highest BCUT2D eigenvalue weighted by Gasteiger charge is 2.42. The quantitative estimate of drug-likeness (QED) is 0.780. The van der Waals surface area contributed by atoms with Crippen molar-refractivity contribution in [3.05, 3.63) is 35.9 Å². The van der Waals surface area contributed by atoms with Gasteiger partial charge in [0, 0.05) is 13.0 Å². The van der Waals surface area contributed by atoms with E-state index in [1.165, 1.54) is 0 Å². The Morgan fingerprint density at radius 2 is 2.00 bits per heavy atom. The number of rotatable bonds is 4. The van der Waals surface area contributed by atoms with Crippen LogP contribution in [0.4, 0.5) is 0 Å². The van der Waals surface area contributed by atoms with Crippen LogP contribution in [0.15, 0.2) is 30.3 Å². The number of aldehydes is 1. The summed E-state index contributed by atoms with van der Waals surface area (Å²) in [4.78, 5) is 38.9. The van der Waals surface area contributed by atoms with Crippen LogP contribution in [-0.2, 0) is 20.8 Å². The van der Waals surface area contributed by atoms with Crippen LogP contribution in [0, 0.1) is 0 Å². The summed E-state index contributed by atoms with van der Waals surface area (Å²) in [6.45, 7) is 0.665. The van der Waals surface area contributed by atoms with Crippen LogP contribution < -0.4 is 0 Å². The Morgan fingerprint density at radius 3 is 2.73 bits per heavy atom. The van der Waals surface area contributed by atoms with E-state index in [1.807, 2.05) is 30.3 Å². The second-order valence-corrected chi connectivity index (χ2v) is 6.00. The second kappa shape index (κ2) is 6.30. The Balaban J connectivity index is 1.58. The Hall–Kier alpha value is -2.17. The van der Waals surface area contributed by atoms with Crippen molar-refractivity contribution in [2.24, 2.45) is 0 Å². The van der Waals surface area contributed by atoms with E-state index in [-0.39, 0.29) is 30.4 Å². The molecule has 2 aliphatic heterocycles. The lowest BCUT2D eigenvalue weighted by atomic mass is 10.1. The van der Waals surface area contributed by atoms with Crippen molar-refractivity contribution >= 4 is 18.1 Å². The number of aryl methyl sites for hydroxylation is 1. The number of fused-ring (bicyclic) bond motifs is 1. The van der Waals surface area contributed by atoms with Gasteiger partial charge < -0.3 is 14.6 Å². The monoisotopic (exact) mass is 300 g/mol. The fourth-order valence-corrected chi connectivity index (χ4v) is 3.42. The third-order valence-electron chi connectivity index (χ3n) is 4.57. The molecule has 116 valence electrons. The van der Waals surface area contributed by atoms with Crippen LogP contribution in [0.2, 0.25) is 0 Å². The van der Waals surface area contributed by atoms with Gasteiger partial charge in [0.05, 0.1) is 18.6 Å². The first-order chi connectivity index (χ1) is 10.7. The molecule has 0 unspecified atom stereocenters. The lowest BCUT2D eigenvalue weighted by Crippen LogP contribution is -2.57. The normalized spacial score (nSPS) is 24.3. The molecule has 0 saturated carbocycles. The van der Waals surface area contributed by atoms with E-state index in [2.05, 4.69) is 0 Å². The number of benzene rings is 1. The van der Waals surface area contributed by atoms with E-state index in [9.17, 15) is 14.4 Å². The van der Waals surface area contributed by atoms with Crippen LogP contribution in [-0.4, -0.2) is 53.1 Å². The van der Waals surface area contributed by atoms with Crippen molar-refractivity contribution in [2.45, 2.75) is 37.8 Å². The van der Waals surface area contributed by atoms with Gasteiger partial charge in [-0.25, -0.2) is 0 Å². The molecule has 5 heteroatoms. The first-order valence-corrected chi connectivity index (χ1v) is 7.77. The number of amides is 2. The molecule has 3 rings (SSSR count). The molecule has 5 nitrogen and oxygen atoms in total. The summed E-state index contributed by atoms with van der Waals surface area (Å²) in [6.07, 6.45) is 3.48. The van der Waals surface area contributed by atoms with Crippen LogP contribution in [0.1, 0.15) is 24.8 Å². The van der Waals surface area contributed by atoms with Crippen LogP contribution >= 0.6 is 0 Å². The average Bonchev–Trinajstić information content (AvgIpc) is 2.97. The number of carbonyl (C=O) groups is 3. The predicted octanol–water partition coefficient (Wildman–Crippen LogP) is 1.02. The summed E-state index contributed by atoms with van der Waals surface area (Å²) in [7, 11) is 0. The van der Waals surface area contributed by atoms with Crippen molar-refractivity contribution in [2.75, 3.05) is 13.1 Å². The molecule has 0 N–H and O–H groups in total. The first-order valence-electron chi connectivity index (χ1n) is 7.77. The lowest BCUT2D eigenvalue weighted by Gasteiger charge is -2.38. The van der Waals surface area contributed by atoms with Gasteiger partial charge >= 0.3 is 0 Å². The van der Waals surface area contributed by atoms with E-state index in [0.717, 1.165) is 18.3 Å². The van der Waals surface area contributed by atoms with Gasteiger partial charge in [0.15, 0.2) is 0 Å². The molecule has 2 heterocycles. The topological polar surface area (TPSA) is 57.7 Å². The van der Waals surface area contributed by atoms with Crippen molar-refractivity contribution in [1.29, 1.82) is 0 Å². The highest BCUT2D eigenvalue weighted by atomic mass is 16.2. The molecule has 0 aliphatic carbocycles. The molecule has 0 radical (unpaired) electrons. The van der Waals surface area contributed by atoms with Crippen molar-refractivity contribution < 1.29 is 14.4 Å². The van der Waals surface area contributed by atoms with Crippen LogP contribution in [0.25, 0.3) is 0 Å². The summed E-state index contributed by atoms with van der Waals surface area (Å²) < 4.78 is 0. The van der Waals surface area contributed by atoms with E-state index >= 15 is 0 Å². The molecular weight excluding hydrogens is 280 g/mol. The van der Waals surface area contributed by atoms with Gasteiger partial charge in [-0.2, -0.15) is 0 Å². The number of hydrogen-bond donors (Lipinski definition) is 0. The molecule has 1 aromatic rings. The Labute approximate surface area is 129 Å². The van der Waals surface area contributed by atoms with E-state index in [4.69, 9.17) is 0 Å². The third kappa shape index (κ3) is 2.89. The SMILES string of the molecule is O=C[C@@H]1CC[C@H]2CN(C(=O)CCc3ccccc3)CC(=O)N21. The van der Waals surface area contributed by atoms with Crippen molar-refractivity contribution in [3.63, 3.8) is 0 Å². The van der Waals surface area contributed by atoms with Gasteiger partial charge in [0.1, 0.15) is 6.29 Å². The zero-order valence-electron chi connectivity index (χ0n) is 12.5. The minimum absolute atomic E-state index is 0.0112. The molecule has 2 fully saturated rings. The largest absolute Gasteiger partial charge is 0.331 e. The summed E-state index contributed by atoms with van der Waals surface area (Å²) in [5.74, 6) is -0.0784. The molecule has 2 amide bonds. The minimum atomic E-state index is -0.293. The molecule has 1 aromatic carbocycles. The van der Waals surface area contributed by atoms with E-state index < -0.39 is 0 Å². The van der Waals surface area contributed by atoms with Crippen molar-refractivity contribution in [1.82, 2.24) is 9.80 Å². The molecule has 0 spiro atoms. The zero-order chi connectivity index (χ0) is 15.5. The maximum atomic E-state index is 12.3. The fraction of sp³-hybridized carbons (Fsp3) is 0.471. The molecule has 0 aromatic heterocycles. The third-order valence-corrected chi connectivity index (χ3v) is 4.57. The smallest absolute Gasteiger partial charge is 0.243 e. The van der Waals surface area contributed by atoms with Gasteiger partial charge in [0.25, 0.3) is 0 Å².